The normalized spacial score (nSPS) is 20.1. The fourth-order valence-electron chi connectivity index (χ4n) is 4.31. The summed E-state index contributed by atoms with van der Waals surface area (Å²) in [4.78, 5) is 8.41. The third-order valence-electron chi connectivity index (χ3n) is 6.38. The molecule has 0 saturated heterocycles. The molecule has 38 heavy (non-hydrogen) atoms. The predicted octanol–water partition coefficient (Wildman–Crippen LogP) is 9.24. The molecule has 6 rings (SSSR count). The van der Waals surface area contributed by atoms with Gasteiger partial charge in [0.05, 0.1) is 13.8 Å². The zero-order valence-corrected chi connectivity index (χ0v) is 23.8. The molecule has 0 fully saturated rings. The molecule has 5 aromatic rings. The van der Waals surface area contributed by atoms with Crippen molar-refractivity contribution in [1.29, 1.82) is 0 Å². The summed E-state index contributed by atoms with van der Waals surface area (Å²) in [5.41, 5.74) is 5.07. The molecule has 2 aromatic heterocycles. The van der Waals surface area contributed by atoms with Gasteiger partial charge in [-0.15, -0.1) is 53.6 Å². The van der Waals surface area contributed by atoms with E-state index in [1.54, 1.807) is 6.07 Å². The summed E-state index contributed by atoms with van der Waals surface area (Å²) in [6, 6.07) is 18.3. The maximum atomic E-state index is 8.20. The van der Waals surface area contributed by atoms with E-state index >= 15 is 0 Å². The number of allylic oxidation sites excluding steroid dienone is 1. The van der Waals surface area contributed by atoms with E-state index in [-0.39, 0.29) is 72.1 Å². The number of hydrogen-bond donors (Lipinski definition) is 0. The zero-order chi connectivity index (χ0) is 32.6. The number of furan rings is 1. The molecular weight excluding hydrogens is 645 g/mol. The van der Waals surface area contributed by atoms with Crippen LogP contribution in [0.15, 0.2) is 94.5 Å². The van der Waals surface area contributed by atoms with E-state index in [1.165, 1.54) is 30.0 Å². The van der Waals surface area contributed by atoms with Crippen LogP contribution in [0.3, 0.4) is 0 Å². The maximum Gasteiger partial charge on any atom is 0.120 e. The molecule has 2 atom stereocenters. The van der Waals surface area contributed by atoms with Crippen molar-refractivity contribution in [2.75, 3.05) is 0 Å². The summed E-state index contributed by atoms with van der Waals surface area (Å²) in [6.45, 7) is 6.53. The van der Waals surface area contributed by atoms with E-state index in [0.29, 0.717) is 11.3 Å². The second kappa shape index (κ2) is 13.0. The molecule has 1 aliphatic rings. The standard InChI is InChI=1S/C17H12NO.C17H20N.Ir/c1-2-10-16-12(6-1)13-7-5-8-14(17(13)19-16)15-9-3-4-11-18-15;1-4-14(5-2)15-7-9-16(10-8-15)17-11-6-13(3)12-18-17;/h1-2,4-7,10-11H,3,9H2;6-9,11-12,14H,4-5H2,1-3H3;/q2*-1;/i1D,2D,3D,4D,6D,9D,10D,11D;;. The molecule has 2 unspecified atom stereocenters. The number of nitrogens with zero attached hydrogens (tertiary/aromatic N) is 2. The largest absolute Gasteiger partial charge is 0.501 e. The Kier molecular flexibility index (Phi) is 6.42. The number of para-hydroxylation sites is 1. The number of benzene rings is 3. The molecule has 3 heterocycles. The second-order valence-corrected chi connectivity index (χ2v) is 8.76. The van der Waals surface area contributed by atoms with Gasteiger partial charge in [0.2, 0.25) is 0 Å². The molecule has 0 saturated carbocycles. The fraction of sp³-hybridized carbons (Fsp3) is 0.235. The van der Waals surface area contributed by atoms with Gasteiger partial charge in [-0.1, -0.05) is 79.9 Å². The van der Waals surface area contributed by atoms with Gasteiger partial charge in [-0.3, -0.25) is 0 Å². The first-order valence-corrected chi connectivity index (χ1v) is 12.4. The molecule has 3 aromatic carbocycles. The summed E-state index contributed by atoms with van der Waals surface area (Å²) in [7, 11) is 0. The smallest absolute Gasteiger partial charge is 0.120 e. The van der Waals surface area contributed by atoms with E-state index in [4.69, 9.17) is 15.4 Å². The summed E-state index contributed by atoms with van der Waals surface area (Å²) in [5, 5.41) is 0.629. The zero-order valence-electron chi connectivity index (χ0n) is 29.4. The Bertz CT molecular complexity index is 1930. The van der Waals surface area contributed by atoms with Crippen LogP contribution in [-0.2, 0) is 20.1 Å². The van der Waals surface area contributed by atoms with Crippen molar-refractivity contribution in [3.63, 3.8) is 0 Å². The number of hydrogen-bond acceptors (Lipinski definition) is 3. The Hall–Kier alpha value is -3.33. The van der Waals surface area contributed by atoms with Gasteiger partial charge >= 0.3 is 0 Å². The van der Waals surface area contributed by atoms with E-state index in [2.05, 4.69) is 73.2 Å². The van der Waals surface area contributed by atoms with E-state index in [0.717, 1.165) is 11.3 Å². The van der Waals surface area contributed by atoms with Gasteiger partial charge in [-0.25, -0.2) is 0 Å². The fourth-order valence-corrected chi connectivity index (χ4v) is 4.31. The van der Waals surface area contributed by atoms with Crippen LogP contribution < -0.4 is 0 Å². The molecule has 195 valence electrons. The Balaban J connectivity index is 0.000000221. The number of fused-ring (bicyclic) bond motifs is 3. The molecule has 0 aliphatic carbocycles. The summed E-state index contributed by atoms with van der Waals surface area (Å²) >= 11 is 0. The van der Waals surface area contributed by atoms with Crippen molar-refractivity contribution in [3.8, 4) is 11.3 Å². The maximum absolute atomic E-state index is 8.20. The summed E-state index contributed by atoms with van der Waals surface area (Å²) in [5.74, 6) is 0.654. The Morgan fingerprint density at radius 2 is 1.89 bits per heavy atom. The van der Waals surface area contributed by atoms with Crippen molar-refractivity contribution in [3.05, 3.63) is 114 Å². The van der Waals surface area contributed by atoms with Gasteiger partial charge < -0.3 is 14.4 Å². The number of aliphatic imine (C=N–C) groups is 1. The first-order valence-electron chi connectivity index (χ1n) is 16.5. The SMILES string of the molecule is CCC(CC)c1c[c-]c(-c2ccc(C)cn2)cc1.[2H]C1=C([2H])C([2H])C([2H])C(c2[c-]ccc3c2oc2c([2H])c([2H])c([2H])c([2H])c23)=N1.[Ir]. The third kappa shape index (κ3) is 6.04. The number of rotatable bonds is 5. The third-order valence-corrected chi connectivity index (χ3v) is 6.38. The molecule has 3 nitrogen and oxygen atoms in total. The quantitative estimate of drug-likeness (QED) is 0.173. The molecule has 0 amide bonds. The van der Waals surface area contributed by atoms with Crippen molar-refractivity contribution < 1.29 is 35.5 Å². The minimum Gasteiger partial charge on any atom is -0.501 e. The molecule has 0 N–H and O–H groups in total. The van der Waals surface area contributed by atoms with Crippen LogP contribution in [0.1, 0.15) is 73.1 Å². The number of pyridine rings is 1. The van der Waals surface area contributed by atoms with Crippen molar-refractivity contribution in [1.82, 2.24) is 4.98 Å². The molecule has 0 bridgehead atoms. The van der Waals surface area contributed by atoms with Crippen LogP contribution in [0.5, 0.6) is 0 Å². The van der Waals surface area contributed by atoms with Gasteiger partial charge in [0.25, 0.3) is 0 Å². The van der Waals surface area contributed by atoms with Crippen LogP contribution in [-0.4, -0.2) is 10.7 Å². The predicted molar refractivity (Wildman–Crippen MR) is 154 cm³/mol. The molecule has 4 heteroatoms. The first kappa shape index (κ1) is 18.8. The van der Waals surface area contributed by atoms with Crippen molar-refractivity contribution in [2.45, 2.75) is 52.3 Å². The first-order chi connectivity index (χ1) is 21.5. The van der Waals surface area contributed by atoms with E-state index in [9.17, 15) is 0 Å². The average molecular weight is 685 g/mol. The van der Waals surface area contributed by atoms with Gasteiger partial charge in [0.1, 0.15) is 5.58 Å². The minimum absolute atomic E-state index is 0. The minimum atomic E-state index is -1.27. The molecule has 0 spiro atoms. The molecule has 1 aliphatic heterocycles. The average Bonchev–Trinajstić information content (AvgIpc) is 3.45. The van der Waals surface area contributed by atoms with Crippen molar-refractivity contribution in [2.24, 2.45) is 4.99 Å². The number of aryl methyl sites for hydroxylation is 1. The summed E-state index contributed by atoms with van der Waals surface area (Å²) in [6.07, 6.45) is 1.39. The van der Waals surface area contributed by atoms with Crippen LogP contribution in [0.25, 0.3) is 33.2 Å². The van der Waals surface area contributed by atoms with Crippen molar-refractivity contribution >= 4 is 27.7 Å². The van der Waals surface area contributed by atoms with Gasteiger partial charge in [-0.05, 0) is 42.7 Å². The van der Waals surface area contributed by atoms with Crippen LogP contribution in [0.2, 0.25) is 0 Å². The van der Waals surface area contributed by atoms with E-state index < -0.39 is 25.0 Å². The van der Waals surface area contributed by atoms with Crippen LogP contribution in [0, 0.1) is 19.1 Å². The van der Waals surface area contributed by atoms with Gasteiger partial charge in [0.15, 0.2) is 0 Å². The van der Waals surface area contributed by atoms with E-state index in [1.807, 2.05) is 6.20 Å². The van der Waals surface area contributed by atoms with Gasteiger partial charge in [0, 0.05) is 40.6 Å². The Morgan fingerprint density at radius 1 is 1.05 bits per heavy atom. The van der Waals surface area contributed by atoms with Crippen LogP contribution in [0.4, 0.5) is 0 Å². The summed E-state index contributed by atoms with van der Waals surface area (Å²) < 4.78 is 69.2. The number of aromatic nitrogens is 1. The van der Waals surface area contributed by atoms with Gasteiger partial charge in [-0.2, -0.15) is 0 Å². The molecule has 1 radical (unpaired) electrons. The topological polar surface area (TPSA) is 38.4 Å². The Labute approximate surface area is 250 Å². The monoisotopic (exact) mass is 685 g/mol. The molecular formula is C34H32IrN2O-2. The van der Waals surface area contributed by atoms with Crippen LogP contribution >= 0.6 is 0 Å². The second-order valence-electron chi connectivity index (χ2n) is 8.76. The Morgan fingerprint density at radius 3 is 2.63 bits per heavy atom.